The third-order valence-electron chi connectivity index (χ3n) is 12.3. The number of aliphatic hydroxyl groups excluding tert-OH is 2. The molecule has 0 bridgehead atoms. The Balaban J connectivity index is 1.57. The molecule has 10 atom stereocenters. The first-order valence-corrected chi connectivity index (χ1v) is 12.9. The van der Waals surface area contributed by atoms with Gasteiger partial charge in [0.2, 0.25) is 0 Å². The molecule has 4 nitrogen and oxygen atoms in total. The highest BCUT2D eigenvalue weighted by molar-refractivity contribution is 6.00. The predicted molar refractivity (Wildman–Crippen MR) is 124 cm³/mol. The summed E-state index contributed by atoms with van der Waals surface area (Å²) >= 11 is 0. The number of aliphatic hydroxyl groups is 2. The number of hydrogen-bond donors (Lipinski definition) is 2. The number of fused-ring (bicyclic) bond motifs is 7. The lowest BCUT2D eigenvalue weighted by Gasteiger charge is -2.73. The Bertz CT molecular complexity index is 905. The van der Waals surface area contributed by atoms with E-state index in [9.17, 15) is 19.8 Å². The second kappa shape index (κ2) is 6.78. The van der Waals surface area contributed by atoms with Gasteiger partial charge in [-0.1, -0.05) is 40.2 Å². The number of carbonyl (C=O) groups is 2. The molecule has 32 heavy (non-hydrogen) atoms. The Labute approximate surface area is 193 Å². The van der Waals surface area contributed by atoms with Crippen molar-refractivity contribution in [1.29, 1.82) is 0 Å². The molecule has 0 radical (unpaired) electrons. The SMILES string of the molecule is CC1=C2CC[C@@H]3[C@@](C)(CC[C@@]4(C)[C@@H]5C[C@@H](C)C(=O)[C@@H](O)[C@]5(C)CC[C@]34C)[C@@H]2C[C@H](O)C1=O. The average molecular weight is 443 g/mol. The van der Waals surface area contributed by atoms with Crippen LogP contribution in [0.15, 0.2) is 11.1 Å². The van der Waals surface area contributed by atoms with Gasteiger partial charge in [0, 0.05) is 11.3 Å². The summed E-state index contributed by atoms with van der Waals surface area (Å²) in [6.07, 6.45) is 6.00. The first kappa shape index (κ1) is 22.8. The van der Waals surface area contributed by atoms with Gasteiger partial charge in [0.15, 0.2) is 11.6 Å². The monoisotopic (exact) mass is 442 g/mol. The maximum absolute atomic E-state index is 12.7. The second-order valence-electron chi connectivity index (χ2n) is 13.3. The van der Waals surface area contributed by atoms with Crippen LogP contribution in [0.4, 0.5) is 0 Å². The number of hydrogen-bond acceptors (Lipinski definition) is 4. The van der Waals surface area contributed by atoms with Gasteiger partial charge in [0.05, 0.1) is 0 Å². The van der Waals surface area contributed by atoms with E-state index in [0.29, 0.717) is 24.2 Å². The zero-order valence-electron chi connectivity index (χ0n) is 20.8. The Kier molecular flexibility index (Phi) is 4.83. The molecule has 4 fully saturated rings. The van der Waals surface area contributed by atoms with Gasteiger partial charge in [-0.2, -0.15) is 0 Å². The van der Waals surface area contributed by atoms with Gasteiger partial charge >= 0.3 is 0 Å². The molecule has 0 aromatic rings. The van der Waals surface area contributed by atoms with Gasteiger partial charge in [-0.05, 0) is 97.9 Å². The van der Waals surface area contributed by atoms with Gasteiger partial charge in [-0.15, -0.1) is 0 Å². The van der Waals surface area contributed by atoms with Crippen molar-refractivity contribution in [2.45, 2.75) is 105 Å². The molecular weight excluding hydrogens is 400 g/mol. The molecule has 178 valence electrons. The fourth-order valence-corrected chi connectivity index (χ4v) is 10.0. The highest BCUT2D eigenvalue weighted by Crippen LogP contribution is 2.76. The van der Waals surface area contributed by atoms with Crippen molar-refractivity contribution in [1.82, 2.24) is 0 Å². The summed E-state index contributed by atoms with van der Waals surface area (Å²) in [5, 5.41) is 21.7. The molecule has 0 aromatic carbocycles. The van der Waals surface area contributed by atoms with Crippen molar-refractivity contribution in [3.8, 4) is 0 Å². The van der Waals surface area contributed by atoms with E-state index in [1.54, 1.807) is 0 Å². The summed E-state index contributed by atoms with van der Waals surface area (Å²) in [4.78, 5) is 25.3. The largest absolute Gasteiger partial charge is 0.385 e. The summed E-state index contributed by atoms with van der Waals surface area (Å²) in [6, 6.07) is 0. The minimum atomic E-state index is -0.851. The van der Waals surface area contributed by atoms with E-state index in [1.807, 2.05) is 13.8 Å². The normalized spacial score (nSPS) is 55.6. The van der Waals surface area contributed by atoms with Crippen LogP contribution in [0.3, 0.4) is 0 Å². The first-order chi connectivity index (χ1) is 14.8. The van der Waals surface area contributed by atoms with Crippen LogP contribution in [-0.2, 0) is 9.59 Å². The van der Waals surface area contributed by atoms with Gasteiger partial charge in [0.1, 0.15) is 12.2 Å². The molecule has 4 saturated carbocycles. The molecule has 0 amide bonds. The molecule has 0 saturated heterocycles. The molecule has 0 heterocycles. The molecule has 0 unspecified atom stereocenters. The Morgan fingerprint density at radius 1 is 0.844 bits per heavy atom. The van der Waals surface area contributed by atoms with Crippen molar-refractivity contribution in [3.05, 3.63) is 11.1 Å². The summed E-state index contributed by atoms with van der Waals surface area (Å²) in [6.45, 7) is 13.5. The maximum Gasteiger partial charge on any atom is 0.186 e. The highest BCUT2D eigenvalue weighted by atomic mass is 16.3. The third kappa shape index (κ3) is 2.52. The number of rotatable bonds is 0. The molecule has 2 N–H and O–H groups in total. The second-order valence-corrected chi connectivity index (χ2v) is 13.3. The third-order valence-corrected chi connectivity index (χ3v) is 12.3. The molecule has 5 rings (SSSR count). The van der Waals surface area contributed by atoms with Crippen LogP contribution in [0.25, 0.3) is 0 Å². The van der Waals surface area contributed by atoms with Crippen molar-refractivity contribution in [3.63, 3.8) is 0 Å². The summed E-state index contributed by atoms with van der Waals surface area (Å²) in [5.41, 5.74) is 2.13. The molecule has 5 aliphatic carbocycles. The van der Waals surface area contributed by atoms with Crippen LogP contribution >= 0.6 is 0 Å². The quantitative estimate of drug-likeness (QED) is 0.562. The zero-order chi connectivity index (χ0) is 23.4. The maximum atomic E-state index is 12.7. The topological polar surface area (TPSA) is 74.6 Å². The Morgan fingerprint density at radius 2 is 1.44 bits per heavy atom. The number of carbonyl (C=O) groups excluding carboxylic acids is 2. The van der Waals surface area contributed by atoms with Gasteiger partial charge in [-0.3, -0.25) is 9.59 Å². The Hall–Kier alpha value is -1.00. The minimum Gasteiger partial charge on any atom is -0.385 e. The van der Waals surface area contributed by atoms with E-state index in [2.05, 4.69) is 27.7 Å². The van der Waals surface area contributed by atoms with Crippen LogP contribution in [0.1, 0.15) is 92.9 Å². The van der Waals surface area contributed by atoms with Crippen LogP contribution in [-0.4, -0.2) is 34.0 Å². The predicted octanol–water partition coefficient (Wildman–Crippen LogP) is 4.86. The van der Waals surface area contributed by atoms with Crippen molar-refractivity contribution in [2.24, 2.45) is 45.3 Å². The number of ketones is 2. The highest BCUT2D eigenvalue weighted by Gasteiger charge is 2.70. The van der Waals surface area contributed by atoms with Crippen LogP contribution in [0, 0.1) is 45.3 Å². The molecule has 4 heteroatoms. The first-order valence-electron chi connectivity index (χ1n) is 12.9. The van der Waals surface area contributed by atoms with Crippen LogP contribution in [0.5, 0.6) is 0 Å². The molecule has 0 spiro atoms. The fourth-order valence-electron chi connectivity index (χ4n) is 10.0. The van der Waals surface area contributed by atoms with Crippen LogP contribution in [0.2, 0.25) is 0 Å². The average Bonchev–Trinajstić information content (AvgIpc) is 2.75. The summed E-state index contributed by atoms with van der Waals surface area (Å²) < 4.78 is 0. The van der Waals surface area contributed by atoms with Gasteiger partial charge in [0.25, 0.3) is 0 Å². The van der Waals surface area contributed by atoms with E-state index in [1.165, 1.54) is 5.57 Å². The van der Waals surface area contributed by atoms with E-state index in [-0.39, 0.29) is 39.1 Å². The van der Waals surface area contributed by atoms with Crippen molar-refractivity contribution < 1.29 is 19.8 Å². The van der Waals surface area contributed by atoms with E-state index < -0.39 is 12.2 Å². The summed E-state index contributed by atoms with van der Waals surface area (Å²) in [7, 11) is 0. The number of allylic oxidation sites excluding steroid dienone is 1. The van der Waals surface area contributed by atoms with E-state index in [4.69, 9.17) is 0 Å². The Morgan fingerprint density at radius 3 is 2.09 bits per heavy atom. The molecular formula is C28H42O4. The van der Waals surface area contributed by atoms with E-state index in [0.717, 1.165) is 50.5 Å². The minimum absolute atomic E-state index is 0.0420. The van der Waals surface area contributed by atoms with Crippen molar-refractivity contribution >= 4 is 11.6 Å². The lowest BCUT2D eigenvalue weighted by Crippen LogP contribution is -2.68. The van der Waals surface area contributed by atoms with Gasteiger partial charge in [-0.25, -0.2) is 0 Å². The smallest absolute Gasteiger partial charge is 0.186 e. The summed E-state index contributed by atoms with van der Waals surface area (Å²) in [5.74, 6) is 1.08. The molecule has 5 aliphatic rings. The lowest BCUT2D eigenvalue weighted by atomic mass is 9.32. The van der Waals surface area contributed by atoms with Crippen molar-refractivity contribution in [2.75, 3.05) is 0 Å². The standard InChI is InChI=1S/C28H42O4/c1-15-13-21-26(4,24(32)22(15)30)10-12-27(5)20-8-7-17-16(2)23(31)19(29)14-18(17)25(20,3)9-11-28(21,27)6/h15,18-21,24,29,32H,7-14H2,1-6H3/t15-,18-,19+,20-,21-,24-,25+,26-,27-,28+/m1/s1. The molecule has 0 aliphatic heterocycles. The lowest BCUT2D eigenvalue weighted by molar-refractivity contribution is -0.242. The molecule has 0 aromatic heterocycles. The van der Waals surface area contributed by atoms with E-state index >= 15 is 0 Å². The number of Topliss-reactive ketones (excluding diaryl/α,β-unsaturated/α-hetero) is 2. The zero-order valence-corrected chi connectivity index (χ0v) is 20.8. The van der Waals surface area contributed by atoms with Gasteiger partial charge < -0.3 is 10.2 Å². The fraction of sp³-hybridized carbons (Fsp3) is 0.857. The van der Waals surface area contributed by atoms with Crippen LogP contribution < -0.4 is 0 Å².